The summed E-state index contributed by atoms with van der Waals surface area (Å²) < 4.78 is 11.8. The van der Waals surface area contributed by atoms with Gasteiger partial charge in [-0.1, -0.05) is 42.5 Å². The molecule has 168 valence electrons. The van der Waals surface area contributed by atoms with Crippen molar-refractivity contribution in [1.82, 2.24) is 15.5 Å². The first-order valence-electron chi connectivity index (χ1n) is 10.9. The Kier molecular flexibility index (Phi) is 9.27. The molecule has 1 saturated heterocycles. The van der Waals surface area contributed by atoms with E-state index in [4.69, 9.17) is 9.47 Å². The van der Waals surface area contributed by atoms with Crippen molar-refractivity contribution < 1.29 is 9.47 Å². The number of likely N-dealkylation sites (tertiary alicyclic amines) is 1. The number of hydrogen-bond donors (Lipinski definition) is 2. The number of hydrogen-bond acceptors (Lipinski definition) is 4. The number of aliphatic imine (C=N–C) groups is 1. The van der Waals surface area contributed by atoms with Crippen molar-refractivity contribution in [3.63, 3.8) is 0 Å². The molecule has 2 unspecified atom stereocenters. The molecule has 6 nitrogen and oxygen atoms in total. The lowest BCUT2D eigenvalue weighted by Crippen LogP contribution is -2.46. The Hall–Kier alpha value is -2.00. The molecule has 0 amide bonds. The number of halogens is 1. The third kappa shape index (κ3) is 7.00. The molecule has 0 aromatic heterocycles. The summed E-state index contributed by atoms with van der Waals surface area (Å²) >= 11 is 0. The van der Waals surface area contributed by atoms with E-state index < -0.39 is 0 Å². The van der Waals surface area contributed by atoms with Gasteiger partial charge in [0.2, 0.25) is 0 Å². The van der Waals surface area contributed by atoms with E-state index in [-0.39, 0.29) is 30.1 Å². The smallest absolute Gasteiger partial charge is 0.191 e. The summed E-state index contributed by atoms with van der Waals surface area (Å²) in [7, 11) is 1.81. The van der Waals surface area contributed by atoms with E-state index in [0.717, 1.165) is 43.5 Å². The maximum absolute atomic E-state index is 6.01. The van der Waals surface area contributed by atoms with Crippen LogP contribution in [0.15, 0.2) is 59.6 Å². The molecular weight excluding hydrogens is 503 g/mol. The molecule has 2 aliphatic heterocycles. The molecule has 2 atom stereocenters. The quantitative estimate of drug-likeness (QED) is 0.324. The largest absolute Gasteiger partial charge is 0.486 e. The van der Waals surface area contributed by atoms with E-state index in [1.165, 1.54) is 18.5 Å². The minimum Gasteiger partial charge on any atom is -0.486 e. The Morgan fingerprint density at radius 3 is 2.58 bits per heavy atom. The van der Waals surface area contributed by atoms with Crippen LogP contribution in [-0.4, -0.2) is 63.3 Å². The number of nitrogens with zero attached hydrogens (tertiary/aromatic N) is 2. The van der Waals surface area contributed by atoms with E-state index in [2.05, 4.69) is 50.9 Å². The molecule has 2 N–H and O–H groups in total. The fourth-order valence-corrected chi connectivity index (χ4v) is 4.05. The summed E-state index contributed by atoms with van der Waals surface area (Å²) in [6.45, 7) is 5.59. The number of para-hydroxylation sites is 2. The maximum atomic E-state index is 6.01. The predicted molar refractivity (Wildman–Crippen MR) is 136 cm³/mol. The van der Waals surface area contributed by atoms with E-state index in [9.17, 15) is 0 Å². The first-order chi connectivity index (χ1) is 14.8. The summed E-state index contributed by atoms with van der Waals surface area (Å²) in [5.74, 6) is 3.09. The predicted octanol–water partition coefficient (Wildman–Crippen LogP) is 3.17. The van der Waals surface area contributed by atoms with Crippen molar-refractivity contribution in [2.45, 2.75) is 18.9 Å². The van der Waals surface area contributed by atoms with Crippen LogP contribution < -0.4 is 20.1 Å². The van der Waals surface area contributed by atoms with Crippen molar-refractivity contribution in [2.75, 3.05) is 46.4 Å². The van der Waals surface area contributed by atoms with Gasteiger partial charge in [-0.3, -0.25) is 4.99 Å². The zero-order chi connectivity index (χ0) is 20.6. The van der Waals surface area contributed by atoms with Crippen LogP contribution in [-0.2, 0) is 6.42 Å². The normalized spacial score (nSPS) is 20.7. The van der Waals surface area contributed by atoms with Gasteiger partial charge >= 0.3 is 0 Å². The summed E-state index contributed by atoms with van der Waals surface area (Å²) in [4.78, 5) is 6.93. The highest BCUT2D eigenvalue weighted by Crippen LogP contribution is 2.30. The van der Waals surface area contributed by atoms with Gasteiger partial charge in [0.05, 0.1) is 6.54 Å². The lowest BCUT2D eigenvalue weighted by molar-refractivity contribution is 0.0936. The number of rotatable bonds is 7. The number of benzene rings is 2. The molecular formula is C24H33IN4O2. The fourth-order valence-electron chi connectivity index (χ4n) is 4.05. The number of fused-ring (bicyclic) bond motifs is 1. The molecule has 0 saturated carbocycles. The lowest BCUT2D eigenvalue weighted by Gasteiger charge is -2.27. The molecule has 2 aliphatic rings. The highest BCUT2D eigenvalue weighted by Gasteiger charge is 2.23. The lowest BCUT2D eigenvalue weighted by atomic mass is 10.1. The second-order valence-electron chi connectivity index (χ2n) is 8.02. The molecule has 31 heavy (non-hydrogen) atoms. The first kappa shape index (κ1) is 23.7. The Morgan fingerprint density at radius 1 is 1.03 bits per heavy atom. The zero-order valence-electron chi connectivity index (χ0n) is 18.1. The molecule has 2 aromatic carbocycles. The van der Waals surface area contributed by atoms with Crippen LogP contribution in [0.5, 0.6) is 11.5 Å². The van der Waals surface area contributed by atoms with E-state index >= 15 is 0 Å². The van der Waals surface area contributed by atoms with Crippen LogP contribution in [0.25, 0.3) is 0 Å². The third-order valence-corrected chi connectivity index (χ3v) is 5.78. The van der Waals surface area contributed by atoms with Crippen LogP contribution in [0.1, 0.15) is 12.0 Å². The van der Waals surface area contributed by atoms with E-state index in [0.29, 0.717) is 19.1 Å². The SMILES string of the molecule is CN=C(NCC1CCN(CCc2ccccc2)C1)NCC1COc2ccccc2O1.I. The van der Waals surface area contributed by atoms with E-state index in [1.54, 1.807) is 0 Å². The van der Waals surface area contributed by atoms with E-state index in [1.807, 2.05) is 31.3 Å². The maximum Gasteiger partial charge on any atom is 0.191 e. The van der Waals surface area contributed by atoms with Crippen LogP contribution in [0.2, 0.25) is 0 Å². The number of nitrogens with one attached hydrogen (secondary N) is 2. The van der Waals surface area contributed by atoms with Crippen molar-refractivity contribution >= 4 is 29.9 Å². The number of ether oxygens (including phenoxy) is 2. The Balaban J connectivity index is 0.00000272. The highest BCUT2D eigenvalue weighted by molar-refractivity contribution is 14.0. The molecule has 4 rings (SSSR count). The van der Waals surface area contributed by atoms with Crippen molar-refractivity contribution in [3.05, 3.63) is 60.2 Å². The standard InChI is InChI=1S/C24H32N4O2.HI/c1-25-24(27-16-21-18-29-22-9-5-6-10-23(22)30-21)26-15-20-12-14-28(17-20)13-11-19-7-3-2-4-8-19;/h2-10,20-21H,11-18H2,1H3,(H2,25,26,27);1H. The zero-order valence-corrected chi connectivity index (χ0v) is 20.5. The topological polar surface area (TPSA) is 58.1 Å². The van der Waals surface area contributed by atoms with Crippen molar-refractivity contribution in [2.24, 2.45) is 10.9 Å². The fraction of sp³-hybridized carbons (Fsp3) is 0.458. The Morgan fingerprint density at radius 2 is 1.77 bits per heavy atom. The molecule has 7 heteroatoms. The third-order valence-electron chi connectivity index (χ3n) is 5.78. The van der Waals surface area contributed by atoms with Gasteiger partial charge < -0.3 is 25.0 Å². The second kappa shape index (κ2) is 12.1. The first-order valence-corrected chi connectivity index (χ1v) is 10.9. The minimum atomic E-state index is -0.0293. The highest BCUT2D eigenvalue weighted by atomic mass is 127. The average molecular weight is 536 g/mol. The van der Waals surface area contributed by atoms with Crippen LogP contribution in [0.4, 0.5) is 0 Å². The molecule has 1 fully saturated rings. The summed E-state index contributed by atoms with van der Waals surface area (Å²) in [6, 6.07) is 18.5. The average Bonchev–Trinajstić information content (AvgIpc) is 3.26. The Bertz CT molecular complexity index is 833. The second-order valence-corrected chi connectivity index (χ2v) is 8.02. The van der Waals surface area contributed by atoms with Crippen molar-refractivity contribution in [3.8, 4) is 11.5 Å². The van der Waals surface area contributed by atoms with Gasteiger partial charge in [-0.05, 0) is 43.0 Å². The van der Waals surface area contributed by atoms with Gasteiger partial charge in [0.15, 0.2) is 17.5 Å². The van der Waals surface area contributed by atoms with Gasteiger partial charge in [-0.25, -0.2) is 0 Å². The summed E-state index contributed by atoms with van der Waals surface area (Å²) in [5, 5.41) is 6.85. The summed E-state index contributed by atoms with van der Waals surface area (Å²) in [5.41, 5.74) is 1.42. The van der Waals surface area contributed by atoms with Gasteiger partial charge in [-0.2, -0.15) is 0 Å². The molecule has 2 aromatic rings. The Labute approximate surface area is 202 Å². The van der Waals surface area contributed by atoms with Crippen LogP contribution >= 0.6 is 24.0 Å². The van der Waals surface area contributed by atoms with Crippen LogP contribution in [0.3, 0.4) is 0 Å². The minimum absolute atomic E-state index is 0. The number of guanidine groups is 1. The molecule has 0 radical (unpaired) electrons. The van der Waals surface area contributed by atoms with Crippen LogP contribution in [0, 0.1) is 5.92 Å². The molecule has 2 heterocycles. The van der Waals surface area contributed by atoms with Gasteiger partial charge in [0.25, 0.3) is 0 Å². The van der Waals surface area contributed by atoms with Gasteiger partial charge in [-0.15, -0.1) is 24.0 Å². The summed E-state index contributed by atoms with van der Waals surface area (Å²) in [6.07, 6.45) is 2.32. The monoisotopic (exact) mass is 536 g/mol. The van der Waals surface area contributed by atoms with Gasteiger partial charge in [0, 0.05) is 26.7 Å². The van der Waals surface area contributed by atoms with Crippen molar-refractivity contribution in [1.29, 1.82) is 0 Å². The molecule has 0 spiro atoms. The molecule has 0 aliphatic carbocycles. The van der Waals surface area contributed by atoms with Gasteiger partial charge in [0.1, 0.15) is 12.7 Å². The molecule has 0 bridgehead atoms.